The maximum absolute atomic E-state index is 11.1. The first kappa shape index (κ1) is 49.9. The number of rotatable bonds is 19. The van der Waals surface area contributed by atoms with Crippen LogP contribution in [-0.2, 0) is 67.9 Å². The number of carbonyl (C=O) groups excluding carboxylic acids is 2. The van der Waals surface area contributed by atoms with Crippen molar-refractivity contribution in [2.75, 3.05) is 59.5 Å². The summed E-state index contributed by atoms with van der Waals surface area (Å²) in [5, 5.41) is 3.27. The first-order valence-electron chi connectivity index (χ1n) is 14.1. The molecule has 0 spiro atoms. The number of hydrogen-bond acceptors (Lipinski definition) is 11. The third-order valence-corrected chi connectivity index (χ3v) is 7.61. The summed E-state index contributed by atoms with van der Waals surface area (Å²) in [5.74, 6) is -0.952. The van der Waals surface area contributed by atoms with E-state index in [2.05, 4.69) is 5.32 Å². The molecule has 0 saturated heterocycles. The van der Waals surface area contributed by atoms with E-state index < -0.39 is 37.6 Å². The second kappa shape index (κ2) is 40.1. The molecule has 0 aromatic heterocycles. The van der Waals surface area contributed by atoms with Crippen LogP contribution in [0.25, 0.3) is 5.32 Å². The molecule has 0 fully saturated rings. The Kier molecular flexibility index (Phi) is 46.5. The summed E-state index contributed by atoms with van der Waals surface area (Å²) in [6, 6.07) is 8.49. The largest absolute Gasteiger partial charge is 1.00 e. The fraction of sp³-hybridized carbons (Fsp3) is 0.704. The predicted octanol–water partition coefficient (Wildman–Crippen LogP) is 8.71. The van der Waals surface area contributed by atoms with Gasteiger partial charge in [0.1, 0.15) is 0 Å². The van der Waals surface area contributed by atoms with E-state index in [1.54, 1.807) is 30.3 Å². The van der Waals surface area contributed by atoms with Gasteiger partial charge < -0.3 is 55.6 Å². The minimum Gasteiger partial charge on any atom is -0.592 e. The average Bonchev–Trinajstić information content (AvgIpc) is 2.96. The van der Waals surface area contributed by atoms with Crippen LogP contribution in [0.1, 0.15) is 79.6 Å². The van der Waals surface area contributed by atoms with Gasteiger partial charge in [0.25, 0.3) is 0 Å². The van der Waals surface area contributed by atoms with Crippen molar-refractivity contribution < 1.29 is 72.7 Å². The third-order valence-electron chi connectivity index (χ3n) is 3.39. The van der Waals surface area contributed by atoms with E-state index in [4.69, 9.17) is 40.7 Å². The van der Waals surface area contributed by atoms with Crippen molar-refractivity contribution in [3.05, 3.63) is 41.2 Å². The molecule has 1 aromatic carbocycles. The summed E-state index contributed by atoms with van der Waals surface area (Å²) >= 11 is 0. The van der Waals surface area contributed by atoms with Gasteiger partial charge in [0, 0.05) is 0 Å². The Labute approximate surface area is 279 Å². The van der Waals surface area contributed by atoms with Crippen LogP contribution in [0.4, 0.5) is 0 Å². The van der Waals surface area contributed by atoms with Crippen LogP contribution >= 0.6 is 25.8 Å². The molecule has 1 aromatic rings. The van der Waals surface area contributed by atoms with Crippen molar-refractivity contribution in [2.45, 2.75) is 69.2 Å². The topological polar surface area (TPSA) is 131 Å². The van der Waals surface area contributed by atoms with Crippen LogP contribution in [0.15, 0.2) is 30.3 Å². The molecule has 0 atom stereocenters. The summed E-state index contributed by atoms with van der Waals surface area (Å²) in [4.78, 5) is 21.5. The van der Waals surface area contributed by atoms with Gasteiger partial charge in [0.05, 0.1) is 71.3 Å². The van der Waals surface area contributed by atoms with Crippen molar-refractivity contribution in [1.82, 2.24) is 0 Å². The monoisotopic (exact) mass is 767 g/mol. The quantitative estimate of drug-likeness (QED) is 0.0989. The molecule has 258 valence electrons. The van der Waals surface area contributed by atoms with Gasteiger partial charge in [-0.15, -0.1) is 0 Å². The van der Waals surface area contributed by atoms with E-state index in [9.17, 15) is 9.59 Å². The number of nitrogens with zero attached hydrogens (tertiary/aromatic N) is 1. The van der Waals surface area contributed by atoms with Gasteiger partial charge in [0.2, 0.25) is 0 Å². The van der Waals surface area contributed by atoms with Gasteiger partial charge in [-0.2, -0.15) is 0 Å². The van der Waals surface area contributed by atoms with Gasteiger partial charge in [-0.05, 0) is 74.8 Å². The number of amides is 2. The standard InChI is InChI=1S/C9H9NO2.3C6H15O3P.Ag/c1-7(11)10-9(12)8-5-3-2-4-6-8;3*1-4-7-10(8-5-2)9-6-3;/h2-6H,1H3,(H,10,11,12);3*4-6H2,1-3H3;/q;;;;+1/p-1. The van der Waals surface area contributed by atoms with Crippen molar-refractivity contribution in [3.63, 3.8) is 0 Å². The van der Waals surface area contributed by atoms with Crippen molar-refractivity contribution in [3.8, 4) is 0 Å². The van der Waals surface area contributed by atoms with Gasteiger partial charge in [-0.3, -0.25) is 0 Å². The molecule has 0 saturated carbocycles. The van der Waals surface area contributed by atoms with E-state index in [0.29, 0.717) is 65.0 Å². The zero-order chi connectivity index (χ0) is 32.4. The Morgan fingerprint density at radius 3 is 0.930 bits per heavy atom. The van der Waals surface area contributed by atoms with Crippen LogP contribution in [-0.4, -0.2) is 71.3 Å². The molecule has 1 rings (SSSR count). The summed E-state index contributed by atoms with van der Waals surface area (Å²) < 4.78 is 46.3. The summed E-state index contributed by atoms with van der Waals surface area (Å²) in [7, 11) is -3.18. The zero-order valence-corrected chi connectivity index (χ0v) is 31.5. The summed E-state index contributed by atoms with van der Waals surface area (Å²) in [6.45, 7) is 24.4. The molecule has 16 heteroatoms. The maximum atomic E-state index is 11.1. The number of benzene rings is 1. The Morgan fingerprint density at radius 2 is 0.744 bits per heavy atom. The van der Waals surface area contributed by atoms with E-state index in [1.807, 2.05) is 62.3 Å². The van der Waals surface area contributed by atoms with Gasteiger partial charge in [-0.1, -0.05) is 30.3 Å². The van der Waals surface area contributed by atoms with Crippen molar-refractivity contribution in [2.24, 2.45) is 0 Å². The molecule has 2 amide bonds. The molecule has 0 unspecified atom stereocenters. The molecule has 0 N–H and O–H groups in total. The van der Waals surface area contributed by atoms with Crippen LogP contribution in [0, 0.1) is 0 Å². The second-order valence-corrected chi connectivity index (χ2v) is 10.4. The van der Waals surface area contributed by atoms with Gasteiger partial charge in [-0.25, -0.2) is 0 Å². The van der Waals surface area contributed by atoms with Gasteiger partial charge in [0.15, 0.2) is 0 Å². The van der Waals surface area contributed by atoms with Crippen molar-refractivity contribution >= 4 is 37.6 Å². The summed E-state index contributed by atoms with van der Waals surface area (Å²) in [5.41, 5.74) is 0.438. The summed E-state index contributed by atoms with van der Waals surface area (Å²) in [6.07, 6.45) is 0. The minimum absolute atomic E-state index is 0. The molecule has 0 aliphatic heterocycles. The van der Waals surface area contributed by atoms with E-state index >= 15 is 0 Å². The van der Waals surface area contributed by atoms with Crippen molar-refractivity contribution in [1.29, 1.82) is 0 Å². The Balaban J connectivity index is -0.000000235. The SMILES string of the molecule is CC(=O)[N-]C(=O)c1ccccc1.CCOP(OCC)OCC.CCOP(OCC)OCC.CCOP(OCC)OCC.[Ag+]. The fourth-order valence-corrected chi connectivity index (χ4v) is 4.64. The molecule has 0 aliphatic rings. The molecular weight excluding hydrogens is 715 g/mol. The number of imide groups is 1. The molecular formula is C27H53AgNO11P3. The Hall–Kier alpha value is 0.0303. The average molecular weight is 769 g/mol. The van der Waals surface area contributed by atoms with Crippen LogP contribution < -0.4 is 0 Å². The Bertz CT molecular complexity index is 630. The minimum atomic E-state index is -1.06. The maximum Gasteiger partial charge on any atom is 1.00 e. The fourth-order valence-electron chi connectivity index (χ4n) is 2.07. The number of carbonyl (C=O) groups is 2. The molecule has 43 heavy (non-hydrogen) atoms. The molecule has 12 nitrogen and oxygen atoms in total. The van der Waals surface area contributed by atoms with Crippen LogP contribution in [0.2, 0.25) is 0 Å². The normalized spacial score (nSPS) is 10.1. The second-order valence-electron chi connectivity index (χ2n) is 6.73. The number of hydrogen-bond donors (Lipinski definition) is 0. The van der Waals surface area contributed by atoms with Gasteiger partial charge >= 0.3 is 48.2 Å². The van der Waals surface area contributed by atoms with Crippen LogP contribution in [0.3, 0.4) is 0 Å². The van der Waals surface area contributed by atoms with E-state index in [1.165, 1.54) is 6.92 Å². The van der Waals surface area contributed by atoms with E-state index in [-0.39, 0.29) is 22.4 Å². The smallest absolute Gasteiger partial charge is 0.592 e. The predicted molar refractivity (Wildman–Crippen MR) is 170 cm³/mol. The molecule has 0 heterocycles. The zero-order valence-electron chi connectivity index (χ0n) is 27.3. The first-order chi connectivity index (χ1) is 20.2. The molecule has 0 aliphatic carbocycles. The first-order valence-corrected chi connectivity index (χ1v) is 17.4. The molecule has 0 bridgehead atoms. The Morgan fingerprint density at radius 1 is 0.512 bits per heavy atom. The third kappa shape index (κ3) is 36.4. The molecule has 0 radical (unpaired) electrons. The van der Waals surface area contributed by atoms with Crippen LogP contribution in [0.5, 0.6) is 0 Å². The van der Waals surface area contributed by atoms with E-state index in [0.717, 1.165) is 0 Å².